The quantitative estimate of drug-likeness (QED) is 0.884. The number of halogens is 1. The van der Waals surface area contributed by atoms with Crippen LogP contribution in [-0.2, 0) is 16.6 Å². The molecular formula is C11H21ClN4O2S2. The molecule has 2 N–H and O–H groups in total. The summed E-state index contributed by atoms with van der Waals surface area (Å²) in [6.45, 7) is 2.04. The summed E-state index contributed by atoms with van der Waals surface area (Å²) in [5, 5.41) is 0.593. The third-order valence-electron chi connectivity index (χ3n) is 3.49. The van der Waals surface area contributed by atoms with E-state index in [4.69, 9.17) is 5.73 Å². The van der Waals surface area contributed by atoms with Crippen LogP contribution in [0, 0.1) is 0 Å². The zero-order valence-electron chi connectivity index (χ0n) is 11.7. The molecule has 6 nitrogen and oxygen atoms in total. The Labute approximate surface area is 130 Å². The Kier molecular flexibility index (Phi) is 6.21. The molecule has 0 aromatic carbocycles. The molecule has 20 heavy (non-hydrogen) atoms. The number of aromatic nitrogens is 1. The maximum absolute atomic E-state index is 11.4. The normalized spacial score (nSPS) is 18.1. The van der Waals surface area contributed by atoms with E-state index in [0.29, 0.717) is 24.3 Å². The van der Waals surface area contributed by atoms with E-state index in [1.165, 1.54) is 17.6 Å². The smallest absolute Gasteiger partial charge is 0.211 e. The van der Waals surface area contributed by atoms with Crippen LogP contribution in [0.25, 0.3) is 0 Å². The Morgan fingerprint density at radius 1 is 1.50 bits per heavy atom. The van der Waals surface area contributed by atoms with Crippen molar-refractivity contribution in [1.82, 2.24) is 14.2 Å². The van der Waals surface area contributed by atoms with Crippen molar-refractivity contribution in [2.45, 2.75) is 25.4 Å². The van der Waals surface area contributed by atoms with Gasteiger partial charge in [-0.25, -0.2) is 17.7 Å². The average Bonchev–Trinajstić information content (AvgIpc) is 2.74. The minimum absolute atomic E-state index is 0. The van der Waals surface area contributed by atoms with Crippen LogP contribution in [-0.4, -0.2) is 55.0 Å². The number of nitrogen functional groups attached to an aromatic ring is 1. The molecule has 1 aromatic rings. The van der Waals surface area contributed by atoms with Gasteiger partial charge in [-0.15, -0.1) is 23.7 Å². The number of hydrogen-bond donors (Lipinski definition) is 1. The average molecular weight is 341 g/mol. The number of rotatable bonds is 4. The minimum Gasteiger partial charge on any atom is -0.375 e. The lowest BCUT2D eigenvalue weighted by molar-refractivity contribution is 0.163. The molecule has 0 atom stereocenters. The maximum atomic E-state index is 11.4. The van der Waals surface area contributed by atoms with Crippen molar-refractivity contribution in [3.63, 3.8) is 0 Å². The van der Waals surface area contributed by atoms with Gasteiger partial charge in [0.1, 0.15) is 0 Å². The molecule has 1 aliphatic rings. The van der Waals surface area contributed by atoms with Crippen molar-refractivity contribution >= 4 is 38.9 Å². The van der Waals surface area contributed by atoms with Crippen LogP contribution in [0.3, 0.4) is 0 Å². The summed E-state index contributed by atoms with van der Waals surface area (Å²) in [7, 11) is -0.974. The van der Waals surface area contributed by atoms with Gasteiger partial charge in [0, 0.05) is 36.8 Å². The number of piperidine rings is 1. The van der Waals surface area contributed by atoms with Crippen LogP contribution in [0.15, 0.2) is 6.20 Å². The summed E-state index contributed by atoms with van der Waals surface area (Å²) < 4.78 is 24.5. The predicted octanol–water partition coefficient (Wildman–Crippen LogP) is 1.00. The molecule has 0 aliphatic carbocycles. The zero-order valence-corrected chi connectivity index (χ0v) is 14.1. The van der Waals surface area contributed by atoms with Crippen LogP contribution >= 0.6 is 23.7 Å². The van der Waals surface area contributed by atoms with Crippen molar-refractivity contribution < 1.29 is 8.42 Å². The van der Waals surface area contributed by atoms with Crippen molar-refractivity contribution in [3.8, 4) is 0 Å². The lowest BCUT2D eigenvalue weighted by Gasteiger charge is -2.35. The molecule has 0 saturated carbocycles. The third-order valence-corrected chi connectivity index (χ3v) is 5.61. The lowest BCUT2D eigenvalue weighted by Crippen LogP contribution is -2.44. The first-order chi connectivity index (χ1) is 8.86. The SMILES string of the molecule is CN(Cc1cnc(N)s1)C1CCN(S(C)(=O)=O)CC1.Cl. The molecule has 1 aliphatic heterocycles. The highest BCUT2D eigenvalue weighted by Crippen LogP contribution is 2.21. The van der Waals surface area contributed by atoms with Gasteiger partial charge in [0.05, 0.1) is 6.26 Å². The summed E-state index contributed by atoms with van der Waals surface area (Å²) in [4.78, 5) is 7.44. The van der Waals surface area contributed by atoms with Gasteiger partial charge in [-0.1, -0.05) is 0 Å². The number of nitrogens with zero attached hydrogens (tertiary/aromatic N) is 3. The molecule has 0 bridgehead atoms. The summed E-state index contributed by atoms with van der Waals surface area (Å²) in [6, 6.07) is 0.418. The van der Waals surface area contributed by atoms with Gasteiger partial charge >= 0.3 is 0 Å². The van der Waals surface area contributed by atoms with Gasteiger partial charge in [-0.05, 0) is 19.9 Å². The Bertz CT molecular complexity index is 526. The minimum atomic E-state index is -3.04. The van der Waals surface area contributed by atoms with Crippen molar-refractivity contribution in [2.24, 2.45) is 0 Å². The van der Waals surface area contributed by atoms with Gasteiger partial charge in [-0.2, -0.15) is 0 Å². The largest absolute Gasteiger partial charge is 0.375 e. The van der Waals surface area contributed by atoms with E-state index in [1.54, 1.807) is 4.31 Å². The van der Waals surface area contributed by atoms with Crippen LogP contribution in [0.5, 0.6) is 0 Å². The fraction of sp³-hybridized carbons (Fsp3) is 0.727. The first kappa shape index (κ1) is 17.6. The predicted molar refractivity (Wildman–Crippen MR) is 84.7 cm³/mol. The molecule has 1 fully saturated rings. The van der Waals surface area contributed by atoms with Gasteiger partial charge in [0.2, 0.25) is 10.0 Å². The molecule has 0 spiro atoms. The van der Waals surface area contributed by atoms with Gasteiger partial charge in [-0.3, -0.25) is 4.90 Å². The fourth-order valence-corrected chi connectivity index (χ4v) is 4.01. The lowest BCUT2D eigenvalue weighted by atomic mass is 10.1. The topological polar surface area (TPSA) is 79.5 Å². The summed E-state index contributed by atoms with van der Waals surface area (Å²) >= 11 is 1.50. The standard InChI is InChI=1S/C11H20N4O2S2.ClH/c1-14(8-10-7-13-11(12)18-10)9-3-5-15(6-4-9)19(2,16)17;/h7,9H,3-6,8H2,1-2H3,(H2,12,13);1H. The number of hydrogen-bond acceptors (Lipinski definition) is 6. The maximum Gasteiger partial charge on any atom is 0.211 e. The summed E-state index contributed by atoms with van der Waals surface area (Å²) in [5.41, 5.74) is 5.61. The van der Waals surface area contributed by atoms with Crippen LogP contribution < -0.4 is 5.73 Å². The number of thiazole rings is 1. The van der Waals surface area contributed by atoms with Crippen molar-refractivity contribution in [2.75, 3.05) is 32.1 Å². The van der Waals surface area contributed by atoms with E-state index in [-0.39, 0.29) is 12.4 Å². The molecule has 2 rings (SSSR count). The second kappa shape index (κ2) is 7.04. The Morgan fingerprint density at radius 2 is 2.10 bits per heavy atom. The molecule has 0 unspecified atom stereocenters. The highest BCUT2D eigenvalue weighted by atomic mass is 35.5. The fourth-order valence-electron chi connectivity index (χ4n) is 2.39. The van der Waals surface area contributed by atoms with E-state index >= 15 is 0 Å². The van der Waals surface area contributed by atoms with E-state index < -0.39 is 10.0 Å². The first-order valence-corrected chi connectivity index (χ1v) is 8.88. The van der Waals surface area contributed by atoms with Crippen LogP contribution in [0.1, 0.15) is 17.7 Å². The van der Waals surface area contributed by atoms with E-state index in [9.17, 15) is 8.42 Å². The van der Waals surface area contributed by atoms with E-state index in [0.717, 1.165) is 24.3 Å². The first-order valence-electron chi connectivity index (χ1n) is 6.22. The molecule has 9 heteroatoms. The monoisotopic (exact) mass is 340 g/mol. The second-order valence-corrected chi connectivity index (χ2v) is 8.10. The highest BCUT2D eigenvalue weighted by molar-refractivity contribution is 7.88. The van der Waals surface area contributed by atoms with Gasteiger partial charge in [0.25, 0.3) is 0 Å². The third kappa shape index (κ3) is 4.56. The molecule has 1 aromatic heterocycles. The Hall–Kier alpha value is -0.410. The van der Waals surface area contributed by atoms with Crippen molar-refractivity contribution in [3.05, 3.63) is 11.1 Å². The van der Waals surface area contributed by atoms with Gasteiger partial charge < -0.3 is 5.73 Å². The van der Waals surface area contributed by atoms with Crippen LogP contribution in [0.4, 0.5) is 5.13 Å². The molecular weight excluding hydrogens is 320 g/mol. The molecule has 2 heterocycles. The van der Waals surface area contributed by atoms with Gasteiger partial charge in [0.15, 0.2) is 5.13 Å². The molecule has 116 valence electrons. The summed E-state index contributed by atoms with van der Waals surface area (Å²) in [5.74, 6) is 0. The van der Waals surface area contributed by atoms with Crippen molar-refractivity contribution in [1.29, 1.82) is 0 Å². The molecule has 1 saturated heterocycles. The molecule has 0 amide bonds. The molecule has 0 radical (unpaired) electrons. The Morgan fingerprint density at radius 3 is 2.55 bits per heavy atom. The zero-order chi connectivity index (χ0) is 14.0. The Balaban J connectivity index is 0.00000200. The van der Waals surface area contributed by atoms with Crippen LogP contribution in [0.2, 0.25) is 0 Å². The number of sulfonamides is 1. The number of anilines is 1. The second-order valence-electron chi connectivity index (χ2n) is 4.97. The highest BCUT2D eigenvalue weighted by Gasteiger charge is 2.27. The number of nitrogens with two attached hydrogens (primary N) is 1. The van der Waals surface area contributed by atoms with E-state index in [1.807, 2.05) is 6.20 Å². The summed E-state index contributed by atoms with van der Waals surface area (Å²) in [6.07, 6.45) is 4.83. The van der Waals surface area contributed by atoms with E-state index in [2.05, 4.69) is 16.9 Å².